The third kappa shape index (κ3) is 18.3. The fourth-order valence-electron chi connectivity index (χ4n) is 12.5. The summed E-state index contributed by atoms with van der Waals surface area (Å²) >= 11 is 2.24. The van der Waals surface area contributed by atoms with Gasteiger partial charge >= 0.3 is 0 Å². The van der Waals surface area contributed by atoms with Gasteiger partial charge in [-0.05, 0) is 104 Å². The zero-order chi connectivity index (χ0) is 61.7. The third-order valence-corrected chi connectivity index (χ3v) is 19.8. The summed E-state index contributed by atoms with van der Waals surface area (Å²) in [6.07, 6.45) is 20.7. The first-order valence-electron chi connectivity index (χ1n) is 32.1. The average Bonchev–Trinajstić information content (AvgIpc) is 2.22. The van der Waals surface area contributed by atoms with Gasteiger partial charge in [0, 0.05) is 37.3 Å². The zero-order valence-electron chi connectivity index (χ0n) is 51.4. The lowest BCUT2D eigenvalue weighted by Crippen LogP contribution is -2.57. The van der Waals surface area contributed by atoms with Crippen molar-refractivity contribution in [1.29, 1.82) is 0 Å². The van der Waals surface area contributed by atoms with Crippen molar-refractivity contribution in [3.8, 4) is 22.5 Å². The summed E-state index contributed by atoms with van der Waals surface area (Å²) in [5, 5.41) is 25.5. The van der Waals surface area contributed by atoms with Crippen molar-refractivity contribution in [1.82, 2.24) is 51.7 Å². The Balaban J connectivity index is 0.746. The van der Waals surface area contributed by atoms with E-state index in [4.69, 9.17) is 9.97 Å². The van der Waals surface area contributed by atoms with Gasteiger partial charge in [-0.3, -0.25) is 38.4 Å². The maximum Gasteiger partial charge on any atom is 0.280 e. The van der Waals surface area contributed by atoms with Gasteiger partial charge in [-0.1, -0.05) is 167 Å². The summed E-state index contributed by atoms with van der Waals surface area (Å²) in [5.74, 6) is -2.22. The van der Waals surface area contributed by atoms with Crippen LogP contribution in [-0.4, -0.2) is 144 Å². The number of carbonyl (C=O) groups excluding carboxylic acids is 8. The number of carbonyl (C=O) groups is 8. The Bertz CT molecular complexity index is 2740. The van der Waals surface area contributed by atoms with Crippen LogP contribution in [0.3, 0.4) is 0 Å². The van der Waals surface area contributed by atoms with Crippen molar-refractivity contribution in [3.05, 3.63) is 70.7 Å². The fourth-order valence-corrected chi connectivity index (χ4v) is 14.3. The number of nitrogens with zero attached hydrogens (tertiary/aromatic N) is 4. The summed E-state index contributed by atoms with van der Waals surface area (Å²) in [6.45, 7) is 5.34. The summed E-state index contributed by atoms with van der Waals surface area (Å²) < 4.78 is 0. The van der Waals surface area contributed by atoms with E-state index in [0.717, 1.165) is 156 Å². The van der Waals surface area contributed by atoms with Gasteiger partial charge in [-0.15, -0.1) is 0 Å². The van der Waals surface area contributed by atoms with E-state index in [9.17, 15) is 38.4 Å². The number of benzene rings is 2. The molecule has 0 spiro atoms. The second-order valence-corrected chi connectivity index (χ2v) is 26.0. The van der Waals surface area contributed by atoms with Gasteiger partial charge in [0.2, 0.25) is 35.4 Å². The highest BCUT2D eigenvalue weighted by Gasteiger charge is 2.43. The summed E-state index contributed by atoms with van der Waals surface area (Å²) in [4.78, 5) is 123. The molecule has 6 atom stereocenters. The fraction of sp³-hybridized carbons (Fsp3) is 0.600. The molecule has 2 saturated carbocycles. The molecule has 2 aliphatic carbocycles. The molecular weight excluding hydrogens is 1140 g/mol. The highest BCUT2D eigenvalue weighted by molar-refractivity contribution is 7.18. The van der Waals surface area contributed by atoms with Gasteiger partial charge < -0.3 is 52.3 Å². The van der Waals surface area contributed by atoms with Crippen LogP contribution in [0.25, 0.3) is 22.5 Å². The highest BCUT2D eigenvalue weighted by Crippen LogP contribution is 2.37. The van der Waals surface area contributed by atoms with E-state index >= 15 is 0 Å². The molecule has 0 radical (unpaired) electrons. The lowest BCUT2D eigenvalue weighted by Gasteiger charge is -2.35. The van der Waals surface area contributed by atoms with Crippen LogP contribution in [0.15, 0.2) is 60.7 Å². The third-order valence-electron chi connectivity index (χ3n) is 17.8. The minimum atomic E-state index is -0.727. The molecule has 0 bridgehead atoms. The van der Waals surface area contributed by atoms with E-state index < -0.39 is 36.3 Å². The number of hydrogen-bond acceptors (Lipinski definition) is 14. The van der Waals surface area contributed by atoms with E-state index in [-0.39, 0.29) is 69.1 Å². The quantitative estimate of drug-likeness (QED) is 0.0228. The van der Waals surface area contributed by atoms with Crippen molar-refractivity contribution in [3.63, 3.8) is 0 Å². The Morgan fingerprint density at radius 2 is 0.839 bits per heavy atom. The molecule has 2 aromatic carbocycles. The molecule has 8 N–H and O–H groups in total. The summed E-state index contributed by atoms with van der Waals surface area (Å²) in [7, 11) is 3.42. The van der Waals surface area contributed by atoms with Crippen LogP contribution in [0, 0.1) is 11.8 Å². The monoisotopic (exact) mass is 1230 g/mol. The van der Waals surface area contributed by atoms with Crippen LogP contribution >= 0.6 is 22.7 Å². The molecule has 22 heteroatoms. The Hall–Kier alpha value is -6.62. The summed E-state index contributed by atoms with van der Waals surface area (Å²) in [5.41, 5.74) is 2.49. The second-order valence-electron chi connectivity index (χ2n) is 24.0. The molecule has 4 aromatic rings. The lowest BCUT2D eigenvalue weighted by molar-refractivity contribution is -0.142. The van der Waals surface area contributed by atoms with Gasteiger partial charge in [0.1, 0.15) is 45.6 Å². The molecule has 2 aromatic heterocycles. The SMILES string of the molecule is CN[C@@H](C)C(=O)N[C@H](C(=O)N1CCC[C@H]1C(=O)Nc1sc(C(=O)NCCCCCCCCCCCNC(=O)c2nc(-c3ccccc3)c(NC(=O)[C@@H]3CCCN3C(=O)[C@@H](NC(=O)[C@H](C)NC)C3CCCCC3)s2)nc1-c1ccccc1)C1CCCCC1. The normalized spacial score (nSPS) is 18.7. The van der Waals surface area contributed by atoms with Crippen molar-refractivity contribution in [2.75, 3.05) is 50.9 Å². The number of anilines is 2. The molecule has 8 rings (SSSR count). The number of nitrogens with one attached hydrogen (secondary N) is 8. The van der Waals surface area contributed by atoms with Crippen LogP contribution < -0.4 is 42.5 Å². The van der Waals surface area contributed by atoms with Gasteiger partial charge in [0.15, 0.2) is 10.0 Å². The number of unbranched alkanes of at least 4 members (excludes halogenated alkanes) is 8. The highest BCUT2D eigenvalue weighted by atomic mass is 32.1. The first-order chi connectivity index (χ1) is 42.3. The molecule has 20 nitrogen and oxygen atoms in total. The van der Waals surface area contributed by atoms with Gasteiger partial charge in [-0.2, -0.15) is 0 Å². The first kappa shape index (κ1) is 66.3. The molecule has 4 aliphatic rings. The number of amides is 8. The van der Waals surface area contributed by atoms with E-state index in [0.29, 0.717) is 73.3 Å². The number of rotatable bonds is 30. The maximum atomic E-state index is 14.3. The van der Waals surface area contributed by atoms with Crippen LogP contribution in [0.4, 0.5) is 10.0 Å². The topological polar surface area (TPSA) is 265 Å². The van der Waals surface area contributed by atoms with Crippen LogP contribution in [0.5, 0.6) is 0 Å². The van der Waals surface area contributed by atoms with Crippen molar-refractivity contribution < 1.29 is 38.4 Å². The largest absolute Gasteiger partial charge is 0.350 e. The number of aromatic nitrogens is 2. The molecule has 4 heterocycles. The first-order valence-corrected chi connectivity index (χ1v) is 33.8. The smallest absolute Gasteiger partial charge is 0.280 e. The van der Waals surface area contributed by atoms with Crippen LogP contribution in [0.2, 0.25) is 0 Å². The molecule has 4 fully saturated rings. The molecule has 2 saturated heterocycles. The minimum absolute atomic E-state index is 0.00305. The summed E-state index contributed by atoms with van der Waals surface area (Å²) in [6, 6.07) is 15.0. The van der Waals surface area contributed by atoms with Gasteiger partial charge in [0.25, 0.3) is 11.8 Å². The standard InChI is InChI=1S/C65H92N12O8S2/c1-42(66-3)54(78)70-52(46-32-20-14-21-33-46)64(84)76-40-26-36-48(76)56(80)74-60-50(44-28-16-12-17-29-44)72-62(86-60)58(82)68-38-24-10-8-6-5-7-9-11-25-39-69-59(83)63-73-51(45-30-18-13-19-31-45)61(87-63)75-57(81)49-37-27-41-77(49)65(85)53(47-34-22-15-23-35-47)71-55(79)43(2)67-4/h12-13,16-19,28-31,42-43,46-49,52-53,66-67H,5-11,14-15,20-27,32-41H2,1-4H3,(H,68,82)(H,69,83)(H,70,78)(H,71,79)(H,74,80)(H,75,81)/t42-,43-,48-,49-,52-,53-/m0/s1. The molecule has 472 valence electrons. The predicted molar refractivity (Wildman–Crippen MR) is 342 cm³/mol. The van der Waals surface area contributed by atoms with E-state index in [1.54, 1.807) is 37.7 Å². The molecule has 2 aliphatic heterocycles. The van der Waals surface area contributed by atoms with Gasteiger partial charge in [0.05, 0.1) is 12.1 Å². The van der Waals surface area contributed by atoms with E-state index in [1.165, 1.54) is 0 Å². The average molecular weight is 1230 g/mol. The minimum Gasteiger partial charge on any atom is -0.350 e. The number of likely N-dealkylation sites (N-methyl/N-ethyl adjacent to an activating group) is 2. The second kappa shape index (κ2) is 33.7. The lowest BCUT2D eigenvalue weighted by atomic mass is 9.83. The maximum absolute atomic E-state index is 14.3. The zero-order valence-corrected chi connectivity index (χ0v) is 53.0. The molecule has 8 amide bonds. The van der Waals surface area contributed by atoms with E-state index in [2.05, 4.69) is 42.5 Å². The molecular formula is C65H92N12O8S2. The van der Waals surface area contributed by atoms with E-state index in [1.807, 2.05) is 60.7 Å². The molecule has 0 unspecified atom stereocenters. The Kier molecular flexibility index (Phi) is 25.7. The van der Waals surface area contributed by atoms with Gasteiger partial charge in [-0.25, -0.2) is 9.97 Å². The van der Waals surface area contributed by atoms with Crippen molar-refractivity contribution in [2.45, 2.75) is 198 Å². The predicted octanol–water partition coefficient (Wildman–Crippen LogP) is 8.81. The number of thiazole rings is 2. The van der Waals surface area contributed by atoms with Crippen molar-refractivity contribution in [2.24, 2.45) is 11.8 Å². The Morgan fingerprint density at radius 1 is 0.483 bits per heavy atom. The van der Waals surface area contributed by atoms with Crippen LogP contribution in [0.1, 0.15) is 181 Å². The van der Waals surface area contributed by atoms with Crippen LogP contribution in [-0.2, 0) is 28.8 Å². The number of likely N-dealkylation sites (tertiary alicyclic amines) is 2. The Labute approximate surface area is 521 Å². The molecule has 87 heavy (non-hydrogen) atoms. The van der Waals surface area contributed by atoms with Crippen molar-refractivity contribution >= 4 is 79.9 Å². The Morgan fingerprint density at radius 3 is 1.20 bits per heavy atom. The number of hydrogen-bond donors (Lipinski definition) is 8.